The van der Waals surface area contributed by atoms with Crippen LogP contribution in [0.4, 0.5) is 10.2 Å². The van der Waals surface area contributed by atoms with Gasteiger partial charge in [-0.3, -0.25) is 14.3 Å². The lowest BCUT2D eigenvalue weighted by Crippen LogP contribution is -2.37. The quantitative estimate of drug-likeness (QED) is 0.334. The van der Waals surface area contributed by atoms with Crippen molar-refractivity contribution >= 4 is 50.9 Å². The Labute approximate surface area is 213 Å². The van der Waals surface area contributed by atoms with E-state index >= 15 is 0 Å². The zero-order valence-corrected chi connectivity index (χ0v) is 20.5. The summed E-state index contributed by atoms with van der Waals surface area (Å²) in [5, 5.41) is 16.2. The molecular weight excluding hydrogens is 501 g/mol. The molecule has 5 aromatic rings. The Kier molecular flexibility index (Phi) is 6.53. The maximum Gasteiger partial charge on any atom is 0.290 e. The molecule has 0 bridgehead atoms. The van der Waals surface area contributed by atoms with Crippen LogP contribution in [0.3, 0.4) is 0 Å². The Bertz CT molecular complexity index is 1600. The van der Waals surface area contributed by atoms with Crippen LogP contribution in [0, 0.1) is 5.82 Å². The van der Waals surface area contributed by atoms with Gasteiger partial charge in [0.1, 0.15) is 17.1 Å². The summed E-state index contributed by atoms with van der Waals surface area (Å²) in [5.74, 6) is 0.250. The third-order valence-electron chi connectivity index (χ3n) is 6.40. The Morgan fingerprint density at radius 3 is 2.78 bits per heavy atom. The number of furan rings is 1. The number of nitrogens with zero attached hydrogens (tertiary/aromatic N) is 6. The van der Waals surface area contributed by atoms with Gasteiger partial charge in [-0.05, 0) is 42.6 Å². The molecule has 6 rings (SSSR count). The smallest absolute Gasteiger partial charge is 0.290 e. The highest BCUT2D eigenvalue weighted by molar-refractivity contribution is 7.13. The van der Waals surface area contributed by atoms with Crippen molar-refractivity contribution in [3.05, 3.63) is 42.6 Å². The average Bonchev–Trinajstić information content (AvgIpc) is 3.65. The number of amides is 1. The summed E-state index contributed by atoms with van der Waals surface area (Å²) in [4.78, 5) is 26.1. The lowest BCUT2D eigenvalue weighted by atomic mass is 10.0. The summed E-state index contributed by atoms with van der Waals surface area (Å²) in [7, 11) is 0. The van der Waals surface area contributed by atoms with Gasteiger partial charge in [-0.25, -0.2) is 9.37 Å². The minimum absolute atomic E-state index is 0.104. The minimum Gasteiger partial charge on any atom is -0.483 e. The van der Waals surface area contributed by atoms with Gasteiger partial charge in [0.25, 0.3) is 6.47 Å². The largest absolute Gasteiger partial charge is 0.483 e. The number of carboxylic acid groups (broad SMARTS) is 1. The van der Waals surface area contributed by atoms with Crippen molar-refractivity contribution < 1.29 is 23.5 Å². The van der Waals surface area contributed by atoms with Crippen LogP contribution >= 0.6 is 11.5 Å². The van der Waals surface area contributed by atoms with Crippen LogP contribution in [0.2, 0.25) is 0 Å². The normalized spacial score (nSPS) is 14.1. The molecule has 1 aliphatic rings. The molecule has 3 N–H and O–H groups in total. The Morgan fingerprint density at radius 1 is 1.30 bits per heavy atom. The average molecular weight is 524 g/mol. The van der Waals surface area contributed by atoms with Crippen molar-refractivity contribution in [2.45, 2.75) is 25.8 Å². The van der Waals surface area contributed by atoms with Crippen molar-refractivity contribution in [1.29, 1.82) is 0 Å². The highest BCUT2D eigenvalue weighted by Gasteiger charge is 2.24. The second kappa shape index (κ2) is 9.93. The highest BCUT2D eigenvalue weighted by Crippen LogP contribution is 2.40. The molecule has 5 heterocycles. The summed E-state index contributed by atoms with van der Waals surface area (Å²) in [6, 6.07) is 4.95. The van der Waals surface area contributed by atoms with E-state index in [1.807, 2.05) is 15.8 Å². The number of likely N-dealkylation sites (tertiary alicyclic amines) is 1. The first kappa shape index (κ1) is 24.3. The highest BCUT2D eigenvalue weighted by atomic mass is 32.1. The van der Waals surface area contributed by atoms with Gasteiger partial charge in [0.2, 0.25) is 5.91 Å². The molecule has 0 radical (unpaired) electrons. The number of fused-ring (bicyclic) bond motifs is 2. The number of rotatable bonds is 3. The molecule has 0 spiro atoms. The maximum atomic E-state index is 14.8. The summed E-state index contributed by atoms with van der Waals surface area (Å²) in [6.45, 7) is 2.79. The fraction of sp³-hybridized carbons (Fsp3) is 0.250. The summed E-state index contributed by atoms with van der Waals surface area (Å²) >= 11 is 1.11. The molecule has 4 aromatic heterocycles. The monoisotopic (exact) mass is 523 g/mol. The number of carbonyl (C=O) groups excluding carboxylic acids is 1. The Morgan fingerprint density at radius 2 is 2.05 bits per heavy atom. The second-order valence-corrected chi connectivity index (χ2v) is 9.26. The molecule has 0 aliphatic carbocycles. The van der Waals surface area contributed by atoms with E-state index in [-0.39, 0.29) is 24.2 Å². The SMILES string of the molecule is CC(=O)N1CCC(n2cc(-c3cnc(N)c4oc(-c5c(F)ccc6nnsc56)cc34)cn2)CC1.O=CO. The van der Waals surface area contributed by atoms with Crippen LogP contribution in [-0.2, 0) is 9.59 Å². The molecule has 0 unspecified atom stereocenters. The molecule has 37 heavy (non-hydrogen) atoms. The predicted molar refractivity (Wildman–Crippen MR) is 135 cm³/mol. The van der Waals surface area contributed by atoms with Crippen LogP contribution < -0.4 is 5.73 Å². The second-order valence-electron chi connectivity index (χ2n) is 8.51. The van der Waals surface area contributed by atoms with Gasteiger partial charge in [-0.2, -0.15) is 5.10 Å². The molecule has 1 aromatic carbocycles. The van der Waals surface area contributed by atoms with E-state index in [1.165, 1.54) is 6.07 Å². The standard InChI is InChI=1S/C23H20FN7O2S.CH2O2/c1-12(32)30-6-4-14(5-7-30)31-11-13(9-27-31)16-10-26-23(25)21-15(16)8-19(33-21)20-17(24)2-3-18-22(20)34-29-28-18;2-1-3/h2-3,8-11,14H,4-7H2,1H3,(H2,25,26);1H,(H,2,3). The van der Waals surface area contributed by atoms with E-state index < -0.39 is 5.82 Å². The number of benzene rings is 1. The van der Waals surface area contributed by atoms with Crippen LogP contribution in [0.5, 0.6) is 0 Å². The molecule has 1 aliphatic heterocycles. The van der Waals surface area contributed by atoms with Crippen molar-refractivity contribution in [1.82, 2.24) is 29.3 Å². The number of nitrogens with two attached hydrogens (primary N) is 1. The van der Waals surface area contributed by atoms with Gasteiger partial charge in [-0.15, -0.1) is 5.10 Å². The van der Waals surface area contributed by atoms with Crippen molar-refractivity contribution in [2.24, 2.45) is 0 Å². The number of piperidine rings is 1. The first-order valence-corrected chi connectivity index (χ1v) is 12.2. The Hall–Kier alpha value is -4.39. The molecule has 13 heteroatoms. The number of aromatic nitrogens is 5. The van der Waals surface area contributed by atoms with Gasteiger partial charge in [0.05, 0.1) is 22.5 Å². The predicted octanol–water partition coefficient (Wildman–Crippen LogP) is 3.97. The van der Waals surface area contributed by atoms with Crippen LogP contribution in [-0.4, -0.2) is 59.8 Å². The molecular formula is C24H22FN7O4S. The van der Waals surface area contributed by atoms with E-state index in [4.69, 9.17) is 20.1 Å². The first-order chi connectivity index (χ1) is 17.9. The first-order valence-electron chi connectivity index (χ1n) is 11.4. The number of pyridine rings is 1. The van der Waals surface area contributed by atoms with E-state index in [1.54, 1.807) is 31.5 Å². The number of anilines is 1. The van der Waals surface area contributed by atoms with Crippen LogP contribution in [0.15, 0.2) is 41.2 Å². The molecule has 1 fully saturated rings. The van der Waals surface area contributed by atoms with E-state index in [9.17, 15) is 9.18 Å². The maximum absolute atomic E-state index is 14.8. The number of nitrogen functional groups attached to an aromatic ring is 1. The van der Waals surface area contributed by atoms with Gasteiger partial charge in [0.15, 0.2) is 11.4 Å². The number of carbonyl (C=O) groups is 2. The minimum atomic E-state index is -0.421. The van der Waals surface area contributed by atoms with Crippen molar-refractivity contribution in [3.8, 4) is 22.5 Å². The third-order valence-corrected chi connectivity index (χ3v) is 7.16. The third kappa shape index (κ3) is 4.48. The van der Waals surface area contributed by atoms with E-state index in [0.717, 1.165) is 54.0 Å². The molecule has 0 atom stereocenters. The lowest BCUT2D eigenvalue weighted by Gasteiger charge is -2.31. The van der Waals surface area contributed by atoms with Gasteiger partial charge in [-0.1, -0.05) is 4.49 Å². The van der Waals surface area contributed by atoms with Gasteiger partial charge < -0.3 is 20.2 Å². The summed E-state index contributed by atoms with van der Waals surface area (Å²) in [5.41, 5.74) is 9.06. The van der Waals surface area contributed by atoms with Gasteiger partial charge >= 0.3 is 0 Å². The number of hydrogen-bond acceptors (Lipinski definition) is 9. The topological polar surface area (TPSA) is 153 Å². The van der Waals surface area contributed by atoms with Crippen molar-refractivity contribution in [3.63, 3.8) is 0 Å². The molecule has 1 saturated heterocycles. The fourth-order valence-electron chi connectivity index (χ4n) is 4.57. The zero-order chi connectivity index (χ0) is 26.1. The molecule has 11 nitrogen and oxygen atoms in total. The van der Waals surface area contributed by atoms with Gasteiger partial charge in [0, 0.05) is 48.9 Å². The zero-order valence-electron chi connectivity index (χ0n) is 19.7. The summed E-state index contributed by atoms with van der Waals surface area (Å²) in [6.07, 6.45) is 7.13. The molecule has 1 amide bonds. The fourth-order valence-corrected chi connectivity index (χ4v) is 5.27. The molecule has 0 saturated carbocycles. The number of hydrogen-bond donors (Lipinski definition) is 2. The lowest BCUT2D eigenvalue weighted by molar-refractivity contribution is -0.130. The van der Waals surface area contributed by atoms with Crippen molar-refractivity contribution in [2.75, 3.05) is 18.8 Å². The Balaban J connectivity index is 0.000000892. The molecule has 190 valence electrons. The summed E-state index contributed by atoms with van der Waals surface area (Å²) < 4.78 is 27.3. The van der Waals surface area contributed by atoms with Crippen LogP contribution in [0.25, 0.3) is 43.6 Å². The van der Waals surface area contributed by atoms with Crippen LogP contribution in [0.1, 0.15) is 25.8 Å². The van der Waals surface area contributed by atoms with E-state index in [0.29, 0.717) is 27.1 Å². The van der Waals surface area contributed by atoms with E-state index in [2.05, 4.69) is 19.7 Å². The number of halogens is 1.